The number of carboxylic acids is 1. The van der Waals surface area contributed by atoms with Crippen LogP contribution in [0.3, 0.4) is 0 Å². The smallest absolute Gasteiger partial charge is 0.336 e. The summed E-state index contributed by atoms with van der Waals surface area (Å²) in [5, 5.41) is 10.5. The van der Waals surface area contributed by atoms with Gasteiger partial charge in [-0.25, -0.2) is 9.78 Å². The molecule has 1 aromatic carbocycles. The molecule has 0 atom stereocenters. The summed E-state index contributed by atoms with van der Waals surface area (Å²) in [6.45, 7) is 2.77. The zero-order chi connectivity index (χ0) is 14.8. The Morgan fingerprint density at radius 1 is 1.29 bits per heavy atom. The second-order valence-electron chi connectivity index (χ2n) is 5.44. The van der Waals surface area contributed by atoms with Crippen LogP contribution >= 0.6 is 11.6 Å². The van der Waals surface area contributed by atoms with E-state index in [1.54, 1.807) is 24.3 Å². The van der Waals surface area contributed by atoms with Gasteiger partial charge in [0.15, 0.2) is 0 Å². The maximum absolute atomic E-state index is 11.5. The first-order valence-electron chi connectivity index (χ1n) is 7.19. The number of carboxylic acid groups (broad SMARTS) is 1. The molecule has 0 aliphatic carbocycles. The molecule has 0 radical (unpaired) electrons. The Hall–Kier alpha value is -1.65. The van der Waals surface area contributed by atoms with Crippen molar-refractivity contribution in [1.29, 1.82) is 0 Å². The number of rotatable bonds is 3. The largest absolute Gasteiger partial charge is 0.478 e. The average molecular weight is 305 g/mol. The lowest BCUT2D eigenvalue weighted by molar-refractivity contribution is 0.0698. The third-order valence-corrected chi connectivity index (χ3v) is 4.21. The number of fused-ring (bicyclic) bond motifs is 1. The summed E-state index contributed by atoms with van der Waals surface area (Å²) in [5.41, 5.74) is 1.62. The van der Waals surface area contributed by atoms with Crippen molar-refractivity contribution in [3.05, 3.63) is 40.5 Å². The van der Waals surface area contributed by atoms with E-state index in [0.29, 0.717) is 22.5 Å². The van der Waals surface area contributed by atoms with Gasteiger partial charge in [0.25, 0.3) is 0 Å². The summed E-state index contributed by atoms with van der Waals surface area (Å²) in [6, 6.07) is 6.92. The number of aromatic carboxylic acids is 1. The van der Waals surface area contributed by atoms with E-state index in [2.05, 4.69) is 9.88 Å². The van der Waals surface area contributed by atoms with E-state index in [1.807, 2.05) is 0 Å². The fourth-order valence-electron chi connectivity index (χ4n) is 2.87. The maximum Gasteiger partial charge on any atom is 0.336 e. The lowest BCUT2D eigenvalue weighted by Gasteiger charge is -2.26. The number of halogens is 1. The summed E-state index contributed by atoms with van der Waals surface area (Å²) >= 11 is 6.18. The molecule has 1 aliphatic heterocycles. The first kappa shape index (κ1) is 14.3. The standard InChI is InChI=1S/C16H17ClN2O2/c17-14-6-4-5-12-13(16(20)21)9-11(18-15(12)14)10-19-7-2-1-3-8-19/h4-6,9H,1-3,7-8,10H2,(H,20,21). The number of nitrogens with zero attached hydrogens (tertiary/aromatic N) is 2. The zero-order valence-corrected chi connectivity index (χ0v) is 12.4. The summed E-state index contributed by atoms with van der Waals surface area (Å²) in [4.78, 5) is 18.4. The molecule has 3 rings (SSSR count). The van der Waals surface area contributed by atoms with Gasteiger partial charge in [0.1, 0.15) is 0 Å². The van der Waals surface area contributed by atoms with Crippen LogP contribution in [0.2, 0.25) is 5.02 Å². The van der Waals surface area contributed by atoms with Gasteiger partial charge < -0.3 is 5.11 Å². The summed E-state index contributed by atoms with van der Waals surface area (Å²) < 4.78 is 0. The molecule has 1 aromatic heterocycles. The monoisotopic (exact) mass is 304 g/mol. The third-order valence-electron chi connectivity index (χ3n) is 3.91. The zero-order valence-electron chi connectivity index (χ0n) is 11.7. The van der Waals surface area contributed by atoms with E-state index in [0.717, 1.165) is 18.8 Å². The maximum atomic E-state index is 11.5. The number of likely N-dealkylation sites (tertiary alicyclic amines) is 1. The molecule has 2 heterocycles. The Morgan fingerprint density at radius 3 is 2.76 bits per heavy atom. The molecule has 0 unspecified atom stereocenters. The number of aromatic nitrogens is 1. The van der Waals surface area contributed by atoms with Crippen LogP contribution < -0.4 is 0 Å². The first-order chi connectivity index (χ1) is 10.1. The highest BCUT2D eigenvalue weighted by Gasteiger charge is 2.16. The number of hydrogen-bond donors (Lipinski definition) is 1. The summed E-state index contributed by atoms with van der Waals surface area (Å²) in [7, 11) is 0. The minimum Gasteiger partial charge on any atom is -0.478 e. The van der Waals surface area contributed by atoms with Crippen LogP contribution in [0.5, 0.6) is 0 Å². The highest BCUT2D eigenvalue weighted by atomic mass is 35.5. The molecule has 0 bridgehead atoms. The van der Waals surface area contributed by atoms with Gasteiger partial charge in [0.05, 0.1) is 21.8 Å². The Balaban J connectivity index is 2.02. The second-order valence-corrected chi connectivity index (χ2v) is 5.85. The van der Waals surface area contributed by atoms with E-state index in [4.69, 9.17) is 11.6 Å². The van der Waals surface area contributed by atoms with Crippen molar-refractivity contribution in [2.24, 2.45) is 0 Å². The predicted octanol–water partition coefficient (Wildman–Crippen LogP) is 3.57. The molecule has 2 aromatic rings. The van der Waals surface area contributed by atoms with Crippen molar-refractivity contribution in [3.63, 3.8) is 0 Å². The molecule has 0 saturated carbocycles. The molecular formula is C16H17ClN2O2. The minimum absolute atomic E-state index is 0.273. The topological polar surface area (TPSA) is 53.4 Å². The van der Waals surface area contributed by atoms with Crippen molar-refractivity contribution in [1.82, 2.24) is 9.88 Å². The molecule has 5 heteroatoms. The van der Waals surface area contributed by atoms with Crippen molar-refractivity contribution in [3.8, 4) is 0 Å². The average Bonchev–Trinajstić information content (AvgIpc) is 2.48. The lowest BCUT2D eigenvalue weighted by atomic mass is 10.1. The molecule has 1 saturated heterocycles. The van der Waals surface area contributed by atoms with Gasteiger partial charge in [-0.2, -0.15) is 0 Å². The van der Waals surface area contributed by atoms with E-state index in [-0.39, 0.29) is 5.56 Å². The molecule has 110 valence electrons. The molecule has 0 spiro atoms. The predicted molar refractivity (Wildman–Crippen MR) is 82.8 cm³/mol. The Morgan fingerprint density at radius 2 is 2.05 bits per heavy atom. The van der Waals surface area contributed by atoms with E-state index in [9.17, 15) is 9.90 Å². The van der Waals surface area contributed by atoms with Crippen LogP contribution in [0.1, 0.15) is 35.3 Å². The highest BCUT2D eigenvalue weighted by molar-refractivity contribution is 6.35. The van der Waals surface area contributed by atoms with Gasteiger partial charge in [-0.3, -0.25) is 4.90 Å². The van der Waals surface area contributed by atoms with Crippen molar-refractivity contribution in [2.75, 3.05) is 13.1 Å². The van der Waals surface area contributed by atoms with Gasteiger partial charge in [-0.1, -0.05) is 30.2 Å². The second kappa shape index (κ2) is 6.00. The van der Waals surface area contributed by atoms with Crippen LogP contribution in [0, 0.1) is 0 Å². The number of hydrogen-bond acceptors (Lipinski definition) is 3. The summed E-state index contributed by atoms with van der Waals surface area (Å²) in [5.74, 6) is -0.940. The SMILES string of the molecule is O=C(O)c1cc(CN2CCCCC2)nc2c(Cl)cccc12. The Bertz CT molecular complexity index is 681. The van der Waals surface area contributed by atoms with Crippen LogP contribution in [0.15, 0.2) is 24.3 Å². The molecule has 1 aliphatic rings. The first-order valence-corrected chi connectivity index (χ1v) is 7.57. The molecule has 4 nitrogen and oxygen atoms in total. The van der Waals surface area contributed by atoms with E-state index < -0.39 is 5.97 Å². The third kappa shape index (κ3) is 3.01. The number of pyridine rings is 1. The summed E-state index contributed by atoms with van der Waals surface area (Å²) in [6.07, 6.45) is 3.66. The van der Waals surface area contributed by atoms with E-state index >= 15 is 0 Å². The normalized spacial score (nSPS) is 16.2. The molecule has 1 fully saturated rings. The lowest BCUT2D eigenvalue weighted by Crippen LogP contribution is -2.29. The fraction of sp³-hybridized carbons (Fsp3) is 0.375. The van der Waals surface area contributed by atoms with Crippen LogP contribution in [-0.4, -0.2) is 34.0 Å². The molecular weight excluding hydrogens is 288 g/mol. The number of piperidine rings is 1. The van der Waals surface area contributed by atoms with Gasteiger partial charge in [-0.15, -0.1) is 0 Å². The number of carbonyl (C=O) groups is 1. The van der Waals surface area contributed by atoms with Crippen LogP contribution in [-0.2, 0) is 6.54 Å². The Labute approximate surface area is 128 Å². The van der Waals surface area contributed by atoms with Gasteiger partial charge >= 0.3 is 5.97 Å². The van der Waals surface area contributed by atoms with Gasteiger partial charge in [0, 0.05) is 11.9 Å². The number of benzene rings is 1. The van der Waals surface area contributed by atoms with Crippen molar-refractivity contribution >= 4 is 28.5 Å². The molecule has 21 heavy (non-hydrogen) atoms. The Kier molecular flexibility index (Phi) is 4.08. The number of para-hydroxylation sites is 1. The van der Waals surface area contributed by atoms with E-state index in [1.165, 1.54) is 19.3 Å². The van der Waals surface area contributed by atoms with Gasteiger partial charge in [-0.05, 0) is 38.1 Å². The molecule has 0 amide bonds. The van der Waals surface area contributed by atoms with Crippen molar-refractivity contribution in [2.45, 2.75) is 25.8 Å². The van der Waals surface area contributed by atoms with Crippen molar-refractivity contribution < 1.29 is 9.90 Å². The van der Waals surface area contributed by atoms with Crippen LogP contribution in [0.4, 0.5) is 0 Å². The minimum atomic E-state index is -0.940. The van der Waals surface area contributed by atoms with Gasteiger partial charge in [0.2, 0.25) is 0 Å². The fourth-order valence-corrected chi connectivity index (χ4v) is 3.09. The quantitative estimate of drug-likeness (QED) is 0.942. The van der Waals surface area contributed by atoms with Crippen LogP contribution in [0.25, 0.3) is 10.9 Å². The highest BCUT2D eigenvalue weighted by Crippen LogP contribution is 2.26. The molecule has 1 N–H and O–H groups in total.